The first-order chi connectivity index (χ1) is 10.7. The Kier molecular flexibility index (Phi) is 3.09. The van der Waals surface area contributed by atoms with Gasteiger partial charge in [0.25, 0.3) is 5.56 Å². The largest absolute Gasteiger partial charge is 0.370 e. The van der Waals surface area contributed by atoms with Crippen LogP contribution in [0, 0.1) is 0 Å². The molecule has 0 radical (unpaired) electrons. The molecule has 2 N–H and O–H groups in total. The summed E-state index contributed by atoms with van der Waals surface area (Å²) in [6, 6.07) is 3.49. The van der Waals surface area contributed by atoms with Crippen molar-refractivity contribution in [3.05, 3.63) is 43.3 Å². The molecule has 7 heteroatoms. The Balaban J connectivity index is 2.10. The van der Waals surface area contributed by atoms with E-state index in [9.17, 15) is 9.59 Å². The lowest BCUT2D eigenvalue weighted by Crippen LogP contribution is -2.19. The number of nitrogens with one attached hydrogen (secondary N) is 2. The second kappa shape index (κ2) is 5.00. The minimum Gasteiger partial charge on any atom is -0.370 e. The smallest absolute Gasteiger partial charge is 0.257 e. The fourth-order valence-electron chi connectivity index (χ4n) is 3.10. The van der Waals surface area contributed by atoms with Crippen LogP contribution in [0.1, 0.15) is 18.4 Å². The van der Waals surface area contributed by atoms with Gasteiger partial charge in [0.2, 0.25) is 0 Å². The van der Waals surface area contributed by atoms with Crippen molar-refractivity contribution >= 4 is 33.9 Å². The van der Waals surface area contributed by atoms with E-state index in [4.69, 9.17) is 16.4 Å². The Morgan fingerprint density at radius 3 is 2.73 bits per heavy atom. The van der Waals surface area contributed by atoms with Crippen LogP contribution in [-0.2, 0) is 11.4 Å². The second-order valence-electron chi connectivity index (χ2n) is 5.54. The number of rotatable bonds is 1. The molecule has 0 spiro atoms. The molecule has 2 aliphatic rings. The first kappa shape index (κ1) is 13.6. The summed E-state index contributed by atoms with van der Waals surface area (Å²) >= 11 is 6.50. The van der Waals surface area contributed by atoms with Gasteiger partial charge in [0, 0.05) is 13.1 Å². The normalized spacial score (nSPS) is 16.9. The van der Waals surface area contributed by atoms with Crippen LogP contribution in [0.15, 0.2) is 21.7 Å². The lowest BCUT2D eigenvalue weighted by atomic mass is 10.1. The fourth-order valence-corrected chi connectivity index (χ4v) is 3.47. The van der Waals surface area contributed by atoms with Gasteiger partial charge in [-0.1, -0.05) is 11.6 Å². The number of H-pyrrole nitrogens is 1. The molecule has 2 aromatic rings. The predicted octanol–water partition coefficient (Wildman–Crippen LogP) is 2.00. The maximum Gasteiger partial charge on any atom is 0.257 e. The second-order valence-corrected chi connectivity index (χ2v) is 5.92. The van der Waals surface area contributed by atoms with Crippen LogP contribution in [-0.4, -0.2) is 18.1 Å². The summed E-state index contributed by atoms with van der Waals surface area (Å²) in [5, 5.41) is 0.912. The van der Waals surface area contributed by atoms with E-state index in [1.54, 1.807) is 6.07 Å². The third-order valence-electron chi connectivity index (χ3n) is 4.25. The first-order valence-corrected chi connectivity index (χ1v) is 7.59. The van der Waals surface area contributed by atoms with Crippen LogP contribution in [0.5, 0.6) is 0 Å². The average Bonchev–Trinajstić information content (AvgIpc) is 3.15. The number of anilines is 2. The molecule has 0 unspecified atom stereocenters. The maximum atomic E-state index is 12.8. The highest BCUT2D eigenvalue weighted by molar-refractivity contribution is 6.38. The molecule has 4 rings (SSSR count). The van der Waals surface area contributed by atoms with Gasteiger partial charge in [-0.2, -0.15) is 0 Å². The van der Waals surface area contributed by atoms with Gasteiger partial charge in [-0.15, -0.1) is 0 Å². The highest BCUT2D eigenvalue weighted by Gasteiger charge is 2.22. The monoisotopic (exact) mass is 319 g/mol. The van der Waals surface area contributed by atoms with Crippen molar-refractivity contribution in [1.29, 1.82) is 0 Å². The van der Waals surface area contributed by atoms with E-state index in [-0.39, 0.29) is 23.0 Å². The van der Waals surface area contributed by atoms with Crippen LogP contribution in [0.3, 0.4) is 0 Å². The van der Waals surface area contributed by atoms with Gasteiger partial charge in [0.15, 0.2) is 5.43 Å². The van der Waals surface area contributed by atoms with Crippen molar-refractivity contribution in [2.24, 2.45) is 0 Å². The zero-order valence-electron chi connectivity index (χ0n) is 11.7. The summed E-state index contributed by atoms with van der Waals surface area (Å²) in [7, 11) is 0. The summed E-state index contributed by atoms with van der Waals surface area (Å²) in [5.74, 6) is 0.310. The van der Waals surface area contributed by atoms with Crippen LogP contribution in [0.4, 0.5) is 11.5 Å². The summed E-state index contributed by atoms with van der Waals surface area (Å²) in [4.78, 5) is 34.9. The zero-order valence-corrected chi connectivity index (χ0v) is 12.5. The molecule has 22 heavy (non-hydrogen) atoms. The highest BCUT2D eigenvalue weighted by Crippen LogP contribution is 2.33. The van der Waals surface area contributed by atoms with Gasteiger partial charge in [-0.05, 0) is 25.0 Å². The number of aromatic amines is 1. The Morgan fingerprint density at radius 2 is 1.95 bits per heavy atom. The number of halogens is 1. The molecule has 1 aromatic carbocycles. The number of aromatic nitrogens is 1. The van der Waals surface area contributed by atoms with Crippen molar-refractivity contribution in [2.75, 3.05) is 23.5 Å². The van der Waals surface area contributed by atoms with Gasteiger partial charge >= 0.3 is 0 Å². The molecule has 1 fully saturated rings. The molecule has 2 aliphatic heterocycles. The molecule has 0 bridgehead atoms. The van der Waals surface area contributed by atoms with Crippen molar-refractivity contribution in [3.63, 3.8) is 0 Å². The summed E-state index contributed by atoms with van der Waals surface area (Å²) in [6.45, 7) is 1.94. The molecule has 114 valence electrons. The van der Waals surface area contributed by atoms with Crippen molar-refractivity contribution < 1.29 is 4.84 Å². The minimum absolute atomic E-state index is 0.109. The standard InChI is InChI=1S/C15H14ClN3O3/c16-12-10(19-5-1-2-6-19)4-3-8-11(12)13(20)9-7-22-18-14(9)17-15(8)21/h3-4,18H,1-2,5-7H2,(H,17,21). The highest BCUT2D eigenvalue weighted by atomic mass is 35.5. The van der Waals surface area contributed by atoms with Crippen molar-refractivity contribution in [1.82, 2.24) is 4.98 Å². The number of benzene rings is 1. The van der Waals surface area contributed by atoms with Crippen molar-refractivity contribution in [3.8, 4) is 0 Å². The molecular formula is C15H14ClN3O3. The average molecular weight is 320 g/mol. The number of hydrogen-bond donors (Lipinski definition) is 2. The van der Waals surface area contributed by atoms with Gasteiger partial charge < -0.3 is 9.88 Å². The van der Waals surface area contributed by atoms with Gasteiger partial charge in [0.05, 0.1) is 27.0 Å². The molecule has 3 heterocycles. The Morgan fingerprint density at radius 1 is 1.18 bits per heavy atom. The van der Waals surface area contributed by atoms with E-state index in [1.807, 2.05) is 6.07 Å². The van der Waals surface area contributed by atoms with E-state index in [2.05, 4.69) is 15.4 Å². The number of nitrogens with zero attached hydrogens (tertiary/aromatic N) is 1. The molecule has 1 aromatic heterocycles. The number of hydrogen-bond acceptors (Lipinski definition) is 5. The van der Waals surface area contributed by atoms with Gasteiger partial charge in [-0.25, -0.2) is 5.48 Å². The third-order valence-corrected chi connectivity index (χ3v) is 4.63. The topological polar surface area (TPSA) is 74.4 Å². The summed E-state index contributed by atoms with van der Waals surface area (Å²) in [5.41, 5.74) is 3.14. The zero-order chi connectivity index (χ0) is 15.3. The summed E-state index contributed by atoms with van der Waals surface area (Å²) < 4.78 is 0. The summed E-state index contributed by atoms with van der Waals surface area (Å²) in [6.07, 6.45) is 2.21. The van der Waals surface area contributed by atoms with Gasteiger partial charge in [0.1, 0.15) is 12.4 Å². The Bertz CT molecular complexity index is 888. The first-order valence-electron chi connectivity index (χ1n) is 7.21. The minimum atomic E-state index is -0.360. The fraction of sp³-hybridized carbons (Fsp3) is 0.333. The maximum absolute atomic E-state index is 12.8. The molecule has 6 nitrogen and oxygen atoms in total. The van der Waals surface area contributed by atoms with Crippen LogP contribution < -0.4 is 21.4 Å². The Hall–Kier alpha value is -2.05. The third kappa shape index (κ3) is 1.91. The van der Waals surface area contributed by atoms with E-state index in [1.165, 1.54) is 0 Å². The van der Waals surface area contributed by atoms with Crippen molar-refractivity contribution in [2.45, 2.75) is 19.4 Å². The lowest BCUT2D eigenvalue weighted by Gasteiger charge is -2.19. The quantitative estimate of drug-likeness (QED) is 0.841. The molecule has 0 saturated carbocycles. The molecule has 0 amide bonds. The lowest BCUT2D eigenvalue weighted by molar-refractivity contribution is 0.201. The van der Waals surface area contributed by atoms with E-state index < -0.39 is 0 Å². The molecule has 0 atom stereocenters. The van der Waals surface area contributed by atoms with E-state index >= 15 is 0 Å². The number of fused-ring (bicyclic) bond motifs is 2. The van der Waals surface area contributed by atoms with Gasteiger partial charge in [-0.3, -0.25) is 14.4 Å². The van der Waals surface area contributed by atoms with E-state index in [0.717, 1.165) is 31.6 Å². The van der Waals surface area contributed by atoms with Crippen LogP contribution in [0.25, 0.3) is 10.8 Å². The van der Waals surface area contributed by atoms with Crippen LogP contribution >= 0.6 is 11.6 Å². The predicted molar refractivity (Wildman–Crippen MR) is 85.7 cm³/mol. The molecule has 0 aliphatic carbocycles. The molecule has 1 saturated heterocycles. The van der Waals surface area contributed by atoms with Crippen LogP contribution in [0.2, 0.25) is 5.02 Å². The SMILES string of the molecule is O=c1[nH]c2c(c(=O)c3c(Cl)c(N4CCCC4)ccc13)CON2. The van der Waals surface area contributed by atoms with E-state index in [0.29, 0.717) is 21.8 Å². The molecular weight excluding hydrogens is 306 g/mol. The Labute approximate surface area is 130 Å².